The number of carbonyl (C=O) groups is 2. The van der Waals surface area contributed by atoms with Crippen molar-refractivity contribution in [3.63, 3.8) is 0 Å². The lowest BCUT2D eigenvalue weighted by atomic mass is 10.0. The van der Waals surface area contributed by atoms with Gasteiger partial charge in [0.2, 0.25) is 0 Å². The first-order valence-corrected chi connectivity index (χ1v) is 7.35. The zero-order valence-corrected chi connectivity index (χ0v) is 14.2. The highest BCUT2D eigenvalue weighted by atomic mass is 79.9. The van der Waals surface area contributed by atoms with Gasteiger partial charge in [0.15, 0.2) is 0 Å². The van der Waals surface area contributed by atoms with E-state index in [1.54, 1.807) is 26.8 Å². The van der Waals surface area contributed by atoms with E-state index >= 15 is 0 Å². The first kappa shape index (κ1) is 17.5. The van der Waals surface area contributed by atoms with E-state index in [2.05, 4.69) is 21.2 Å². The minimum atomic E-state index is -0.989. The number of nitrogens with one attached hydrogen (secondary N) is 1. The van der Waals surface area contributed by atoms with Crippen LogP contribution in [0, 0.1) is 6.92 Å². The van der Waals surface area contributed by atoms with Crippen molar-refractivity contribution in [1.29, 1.82) is 0 Å². The van der Waals surface area contributed by atoms with Gasteiger partial charge in [0.25, 0.3) is 0 Å². The van der Waals surface area contributed by atoms with Crippen LogP contribution in [-0.4, -0.2) is 22.8 Å². The summed E-state index contributed by atoms with van der Waals surface area (Å²) in [6, 6.07) is 4.82. The monoisotopic (exact) mass is 357 g/mol. The van der Waals surface area contributed by atoms with Crippen LogP contribution in [0.15, 0.2) is 22.7 Å². The summed E-state index contributed by atoms with van der Waals surface area (Å²) in [5, 5.41) is 11.6. The van der Waals surface area contributed by atoms with Crippen molar-refractivity contribution in [3.05, 3.63) is 33.8 Å². The fourth-order valence-corrected chi connectivity index (χ4v) is 2.01. The third-order valence-electron chi connectivity index (χ3n) is 2.65. The van der Waals surface area contributed by atoms with Gasteiger partial charge in [-0.1, -0.05) is 28.1 Å². The number of carbonyl (C=O) groups excluding carboxylic acids is 1. The molecule has 0 fully saturated rings. The smallest absolute Gasteiger partial charge is 0.408 e. The molecule has 0 heterocycles. The standard InChI is InChI=1S/C15H20BrNO4/c1-9-7-10(5-6-11(9)16)12(8-13(18)19)17-14(20)21-15(2,3)4/h5-7,12H,8H2,1-4H3,(H,17,20)(H,18,19)/t12-/m0/s1. The Balaban J connectivity index is 2.92. The number of carboxylic acids is 1. The molecule has 0 aromatic heterocycles. The van der Waals surface area contributed by atoms with Gasteiger partial charge < -0.3 is 15.2 Å². The normalized spacial score (nSPS) is 12.6. The lowest BCUT2D eigenvalue weighted by Gasteiger charge is -2.23. The summed E-state index contributed by atoms with van der Waals surface area (Å²) in [7, 11) is 0. The number of amides is 1. The van der Waals surface area contributed by atoms with Gasteiger partial charge in [0, 0.05) is 4.47 Å². The van der Waals surface area contributed by atoms with Crippen LogP contribution in [0.5, 0.6) is 0 Å². The van der Waals surface area contributed by atoms with Gasteiger partial charge in [0.1, 0.15) is 5.60 Å². The van der Waals surface area contributed by atoms with Gasteiger partial charge in [-0.2, -0.15) is 0 Å². The van der Waals surface area contributed by atoms with E-state index in [4.69, 9.17) is 9.84 Å². The third kappa shape index (κ3) is 6.16. The maximum Gasteiger partial charge on any atom is 0.408 e. The molecular formula is C15H20BrNO4. The Bertz CT molecular complexity index is 537. The second kappa shape index (κ2) is 6.93. The number of benzene rings is 1. The maximum atomic E-state index is 11.8. The Kier molecular flexibility index (Phi) is 5.78. The summed E-state index contributed by atoms with van der Waals surface area (Å²) in [5.41, 5.74) is 1.06. The summed E-state index contributed by atoms with van der Waals surface area (Å²) in [5.74, 6) is -0.989. The van der Waals surface area contributed by atoms with Crippen molar-refractivity contribution < 1.29 is 19.4 Å². The van der Waals surface area contributed by atoms with Crippen molar-refractivity contribution in [2.45, 2.75) is 45.8 Å². The highest BCUT2D eigenvalue weighted by molar-refractivity contribution is 9.10. The van der Waals surface area contributed by atoms with Gasteiger partial charge in [-0.3, -0.25) is 4.79 Å². The quantitative estimate of drug-likeness (QED) is 0.859. The summed E-state index contributed by atoms with van der Waals surface area (Å²) in [4.78, 5) is 22.8. The van der Waals surface area contributed by atoms with E-state index in [-0.39, 0.29) is 6.42 Å². The highest BCUT2D eigenvalue weighted by Gasteiger charge is 2.22. The van der Waals surface area contributed by atoms with Crippen LogP contribution in [0.4, 0.5) is 4.79 Å². The van der Waals surface area contributed by atoms with Gasteiger partial charge >= 0.3 is 12.1 Å². The summed E-state index contributed by atoms with van der Waals surface area (Å²) in [6.45, 7) is 7.16. The van der Waals surface area contributed by atoms with Crippen molar-refractivity contribution >= 4 is 28.0 Å². The van der Waals surface area contributed by atoms with Crippen molar-refractivity contribution in [3.8, 4) is 0 Å². The lowest BCUT2D eigenvalue weighted by molar-refractivity contribution is -0.137. The number of carboxylic acid groups (broad SMARTS) is 1. The van der Waals surface area contributed by atoms with Gasteiger partial charge in [-0.05, 0) is 44.9 Å². The van der Waals surface area contributed by atoms with Crippen LogP contribution in [0.3, 0.4) is 0 Å². The van der Waals surface area contributed by atoms with E-state index in [9.17, 15) is 9.59 Å². The van der Waals surface area contributed by atoms with Crippen LogP contribution >= 0.6 is 15.9 Å². The molecular weight excluding hydrogens is 338 g/mol. The van der Waals surface area contributed by atoms with E-state index in [0.717, 1.165) is 15.6 Å². The van der Waals surface area contributed by atoms with E-state index in [1.807, 2.05) is 19.1 Å². The third-order valence-corrected chi connectivity index (χ3v) is 3.54. The molecule has 5 nitrogen and oxygen atoms in total. The molecule has 116 valence electrons. The molecule has 1 amide bonds. The Morgan fingerprint density at radius 3 is 2.48 bits per heavy atom. The Morgan fingerprint density at radius 2 is 2.00 bits per heavy atom. The van der Waals surface area contributed by atoms with Crippen LogP contribution in [-0.2, 0) is 9.53 Å². The molecule has 0 aliphatic rings. The molecule has 0 aliphatic carbocycles. The molecule has 0 aliphatic heterocycles. The van der Waals surface area contributed by atoms with Crippen molar-refractivity contribution in [2.24, 2.45) is 0 Å². The molecule has 6 heteroatoms. The molecule has 1 aromatic rings. The van der Waals surface area contributed by atoms with Gasteiger partial charge in [0.05, 0.1) is 12.5 Å². The fraction of sp³-hybridized carbons (Fsp3) is 0.467. The Morgan fingerprint density at radius 1 is 1.38 bits per heavy atom. The van der Waals surface area contributed by atoms with Crippen LogP contribution in [0.25, 0.3) is 0 Å². The number of aliphatic carboxylic acids is 1. The largest absolute Gasteiger partial charge is 0.481 e. The lowest BCUT2D eigenvalue weighted by Crippen LogP contribution is -2.35. The number of alkyl carbamates (subject to hydrolysis) is 1. The van der Waals surface area contributed by atoms with E-state index in [1.165, 1.54) is 0 Å². The number of hydrogen-bond acceptors (Lipinski definition) is 3. The van der Waals surface area contributed by atoms with Crippen molar-refractivity contribution in [2.75, 3.05) is 0 Å². The second-order valence-electron chi connectivity index (χ2n) is 5.81. The minimum absolute atomic E-state index is 0.208. The van der Waals surface area contributed by atoms with Gasteiger partial charge in [-0.25, -0.2) is 4.79 Å². The van der Waals surface area contributed by atoms with E-state index < -0.39 is 23.7 Å². The summed E-state index contributed by atoms with van der Waals surface area (Å²) < 4.78 is 6.10. The molecule has 0 bridgehead atoms. The molecule has 1 aromatic carbocycles. The minimum Gasteiger partial charge on any atom is -0.481 e. The predicted molar refractivity (Wildman–Crippen MR) is 83.2 cm³/mol. The number of halogens is 1. The van der Waals surface area contributed by atoms with Crippen LogP contribution in [0.2, 0.25) is 0 Å². The zero-order valence-electron chi connectivity index (χ0n) is 12.6. The molecule has 0 unspecified atom stereocenters. The van der Waals surface area contributed by atoms with Crippen LogP contribution in [0.1, 0.15) is 44.4 Å². The van der Waals surface area contributed by atoms with Crippen LogP contribution < -0.4 is 5.32 Å². The Labute approximate surface area is 132 Å². The average Bonchev–Trinajstić information content (AvgIpc) is 2.28. The average molecular weight is 358 g/mol. The second-order valence-corrected chi connectivity index (χ2v) is 6.66. The number of ether oxygens (including phenoxy) is 1. The maximum absolute atomic E-state index is 11.8. The summed E-state index contributed by atoms with van der Waals surface area (Å²) in [6.07, 6.45) is -0.838. The number of rotatable bonds is 4. The number of aryl methyl sites for hydroxylation is 1. The van der Waals surface area contributed by atoms with Crippen molar-refractivity contribution in [1.82, 2.24) is 5.32 Å². The summed E-state index contributed by atoms with van der Waals surface area (Å²) >= 11 is 3.39. The molecule has 0 spiro atoms. The molecule has 0 saturated heterocycles. The highest BCUT2D eigenvalue weighted by Crippen LogP contribution is 2.23. The Hall–Kier alpha value is -1.56. The zero-order chi connectivity index (χ0) is 16.2. The molecule has 0 saturated carbocycles. The van der Waals surface area contributed by atoms with Gasteiger partial charge in [-0.15, -0.1) is 0 Å². The number of hydrogen-bond donors (Lipinski definition) is 2. The molecule has 1 atom stereocenters. The first-order valence-electron chi connectivity index (χ1n) is 6.56. The molecule has 21 heavy (non-hydrogen) atoms. The molecule has 0 radical (unpaired) electrons. The predicted octanol–water partition coefficient (Wildman–Crippen LogP) is 3.80. The molecule has 2 N–H and O–H groups in total. The fourth-order valence-electron chi connectivity index (χ4n) is 1.76. The SMILES string of the molecule is Cc1cc([C@H](CC(=O)O)NC(=O)OC(C)(C)C)ccc1Br. The first-order chi connectivity index (χ1) is 9.58. The molecule has 1 rings (SSSR count). The topological polar surface area (TPSA) is 75.6 Å². The van der Waals surface area contributed by atoms with E-state index in [0.29, 0.717) is 0 Å².